The van der Waals surface area contributed by atoms with E-state index in [1.54, 1.807) is 0 Å². The lowest BCUT2D eigenvalue weighted by Gasteiger charge is -2.16. The van der Waals surface area contributed by atoms with Crippen molar-refractivity contribution in [2.75, 3.05) is 6.61 Å². The summed E-state index contributed by atoms with van der Waals surface area (Å²) in [5.41, 5.74) is -0.108. The Bertz CT molecular complexity index is 279. The maximum absolute atomic E-state index is 11.6. The quantitative estimate of drug-likeness (QED) is 0.490. The van der Waals surface area contributed by atoms with Crippen LogP contribution >= 0.6 is 0 Å². The molecule has 1 unspecified atom stereocenters. The van der Waals surface area contributed by atoms with Gasteiger partial charge in [0.15, 0.2) is 0 Å². The molecule has 0 radical (unpaired) electrons. The third-order valence-electron chi connectivity index (χ3n) is 3.58. The van der Waals surface area contributed by atoms with E-state index in [0.29, 0.717) is 13.0 Å². The van der Waals surface area contributed by atoms with Crippen LogP contribution in [0.5, 0.6) is 0 Å². The molecular weight excluding hydrogens is 254 g/mol. The van der Waals surface area contributed by atoms with Gasteiger partial charge in [-0.15, -0.1) is 0 Å². The minimum Gasteiger partial charge on any atom is -0.421 e. The molecule has 0 aromatic rings. The molecule has 4 nitrogen and oxygen atoms in total. The zero-order chi connectivity index (χ0) is 14.8. The van der Waals surface area contributed by atoms with Gasteiger partial charge in [-0.25, -0.2) is 0 Å². The topological polar surface area (TPSA) is 47.6 Å². The fourth-order valence-electron chi connectivity index (χ4n) is 2.33. The van der Waals surface area contributed by atoms with E-state index in [4.69, 9.17) is 9.47 Å². The van der Waals surface area contributed by atoms with Crippen molar-refractivity contribution in [3.8, 4) is 0 Å². The van der Waals surface area contributed by atoms with Crippen molar-refractivity contribution in [2.24, 2.45) is 0 Å². The molecule has 0 aromatic carbocycles. The van der Waals surface area contributed by atoms with Crippen LogP contribution in [0.2, 0.25) is 0 Å². The Balaban J connectivity index is 1.93. The molecule has 0 spiro atoms. The van der Waals surface area contributed by atoms with Gasteiger partial charge in [0, 0.05) is 12.0 Å². The Morgan fingerprint density at radius 2 is 1.75 bits per heavy atom. The summed E-state index contributed by atoms with van der Waals surface area (Å²) in [7, 11) is 0. The van der Waals surface area contributed by atoms with Crippen molar-refractivity contribution < 1.29 is 14.3 Å². The van der Waals surface area contributed by atoms with Crippen LogP contribution < -0.4 is 5.32 Å². The summed E-state index contributed by atoms with van der Waals surface area (Å²) < 4.78 is 10.6. The van der Waals surface area contributed by atoms with Crippen LogP contribution in [0.25, 0.3) is 0 Å². The van der Waals surface area contributed by atoms with Crippen LogP contribution in [0.4, 0.5) is 0 Å². The maximum Gasteiger partial charge on any atom is 0.309 e. The van der Waals surface area contributed by atoms with Gasteiger partial charge in [0.25, 0.3) is 6.41 Å². The smallest absolute Gasteiger partial charge is 0.309 e. The van der Waals surface area contributed by atoms with Crippen LogP contribution in [0.3, 0.4) is 0 Å². The monoisotopic (exact) mass is 285 g/mol. The lowest BCUT2D eigenvalue weighted by molar-refractivity contribution is -0.173. The van der Waals surface area contributed by atoms with Gasteiger partial charge in [0.05, 0.1) is 6.61 Å². The maximum atomic E-state index is 11.6. The molecule has 20 heavy (non-hydrogen) atoms. The van der Waals surface area contributed by atoms with E-state index >= 15 is 0 Å². The van der Waals surface area contributed by atoms with Crippen LogP contribution in [0.1, 0.15) is 78.6 Å². The number of hydrogen-bond acceptors (Lipinski definition) is 4. The van der Waals surface area contributed by atoms with Crippen molar-refractivity contribution in [1.82, 2.24) is 5.32 Å². The number of carbonyl (C=O) groups is 1. The molecule has 4 heteroatoms. The van der Waals surface area contributed by atoms with E-state index in [2.05, 4.69) is 12.2 Å². The average molecular weight is 285 g/mol. The normalized spacial score (nSPS) is 21.1. The van der Waals surface area contributed by atoms with Gasteiger partial charge < -0.3 is 9.47 Å². The molecule has 0 amide bonds. The van der Waals surface area contributed by atoms with E-state index in [9.17, 15) is 4.79 Å². The number of carbonyl (C=O) groups excluding carboxylic acids is 1. The first-order valence-electron chi connectivity index (χ1n) is 8.12. The van der Waals surface area contributed by atoms with Gasteiger partial charge in [-0.05, 0) is 20.3 Å². The van der Waals surface area contributed by atoms with Crippen molar-refractivity contribution >= 4 is 5.97 Å². The standard InChI is InChI=1S/C16H31NO3/c1-4-5-6-7-8-9-10-11-12-14(18)20-15-17-16(2,3)13-19-15/h15,17H,4-13H2,1-3H3. The Labute approximate surface area is 123 Å². The Morgan fingerprint density at radius 3 is 2.30 bits per heavy atom. The third kappa shape index (κ3) is 7.85. The molecule has 1 fully saturated rings. The van der Waals surface area contributed by atoms with Gasteiger partial charge in [0.1, 0.15) is 0 Å². The first-order chi connectivity index (χ1) is 9.53. The molecule has 0 aromatic heterocycles. The van der Waals surface area contributed by atoms with Crippen LogP contribution in [-0.4, -0.2) is 24.5 Å². The van der Waals surface area contributed by atoms with Gasteiger partial charge in [0.2, 0.25) is 0 Å². The summed E-state index contributed by atoms with van der Waals surface area (Å²) in [6, 6.07) is 0. The van der Waals surface area contributed by atoms with Gasteiger partial charge in [-0.2, -0.15) is 0 Å². The molecule has 1 rings (SSSR count). The second kappa shape index (κ2) is 9.35. The highest BCUT2D eigenvalue weighted by Crippen LogP contribution is 2.15. The van der Waals surface area contributed by atoms with E-state index in [1.165, 1.54) is 38.5 Å². The second-order valence-corrected chi connectivity index (χ2v) is 6.39. The second-order valence-electron chi connectivity index (χ2n) is 6.39. The van der Waals surface area contributed by atoms with Crippen LogP contribution in [0, 0.1) is 0 Å². The number of unbranched alkanes of at least 4 members (excludes halogenated alkanes) is 7. The fourth-order valence-corrected chi connectivity index (χ4v) is 2.33. The molecule has 1 aliphatic rings. The summed E-state index contributed by atoms with van der Waals surface area (Å²) in [6.45, 7) is 6.86. The molecule has 1 atom stereocenters. The summed E-state index contributed by atoms with van der Waals surface area (Å²) in [5, 5.41) is 3.13. The Morgan fingerprint density at radius 1 is 1.15 bits per heavy atom. The first kappa shape index (κ1) is 17.4. The molecule has 1 heterocycles. The van der Waals surface area contributed by atoms with Crippen LogP contribution in [0.15, 0.2) is 0 Å². The number of nitrogens with one attached hydrogen (secondary N) is 1. The van der Waals surface area contributed by atoms with Gasteiger partial charge in [-0.1, -0.05) is 51.9 Å². The van der Waals surface area contributed by atoms with Crippen LogP contribution in [-0.2, 0) is 14.3 Å². The summed E-state index contributed by atoms with van der Waals surface area (Å²) >= 11 is 0. The van der Waals surface area contributed by atoms with Gasteiger partial charge >= 0.3 is 5.97 Å². The summed E-state index contributed by atoms with van der Waals surface area (Å²) in [4.78, 5) is 11.6. The zero-order valence-corrected chi connectivity index (χ0v) is 13.4. The molecular formula is C16H31NO3. The Hall–Kier alpha value is -0.610. The SMILES string of the molecule is CCCCCCCCCCC(=O)OC1NC(C)(C)CO1. The van der Waals surface area contributed by atoms with E-state index in [0.717, 1.165) is 12.8 Å². The minimum absolute atomic E-state index is 0.108. The largest absolute Gasteiger partial charge is 0.421 e. The predicted molar refractivity (Wildman–Crippen MR) is 80.3 cm³/mol. The fraction of sp³-hybridized carbons (Fsp3) is 0.938. The number of ether oxygens (including phenoxy) is 2. The highest BCUT2D eigenvalue weighted by molar-refractivity contribution is 5.69. The van der Waals surface area contributed by atoms with E-state index < -0.39 is 6.41 Å². The van der Waals surface area contributed by atoms with Gasteiger partial charge in [-0.3, -0.25) is 10.1 Å². The Kier molecular flexibility index (Phi) is 8.15. The van der Waals surface area contributed by atoms with E-state index in [-0.39, 0.29) is 11.5 Å². The lowest BCUT2D eigenvalue weighted by Crippen LogP contribution is -2.40. The number of rotatable bonds is 10. The number of hydrogen-bond donors (Lipinski definition) is 1. The molecule has 0 bridgehead atoms. The summed E-state index contributed by atoms with van der Waals surface area (Å²) in [5.74, 6) is -0.161. The molecule has 1 aliphatic heterocycles. The zero-order valence-electron chi connectivity index (χ0n) is 13.4. The molecule has 1 saturated heterocycles. The minimum atomic E-state index is -0.563. The third-order valence-corrected chi connectivity index (χ3v) is 3.58. The molecule has 0 aliphatic carbocycles. The lowest BCUT2D eigenvalue weighted by atomic mass is 10.1. The average Bonchev–Trinajstić information content (AvgIpc) is 2.72. The van der Waals surface area contributed by atoms with Crippen molar-refractivity contribution in [1.29, 1.82) is 0 Å². The highest BCUT2D eigenvalue weighted by atomic mass is 16.7. The predicted octanol–water partition coefficient (Wildman–Crippen LogP) is 3.74. The highest BCUT2D eigenvalue weighted by Gasteiger charge is 2.32. The molecule has 1 N–H and O–H groups in total. The number of esters is 1. The van der Waals surface area contributed by atoms with E-state index in [1.807, 2.05) is 13.8 Å². The van der Waals surface area contributed by atoms with Crippen molar-refractivity contribution in [3.63, 3.8) is 0 Å². The first-order valence-corrected chi connectivity index (χ1v) is 8.12. The van der Waals surface area contributed by atoms with Crippen molar-refractivity contribution in [3.05, 3.63) is 0 Å². The van der Waals surface area contributed by atoms with Crippen molar-refractivity contribution in [2.45, 2.75) is 90.5 Å². The molecule has 118 valence electrons. The summed E-state index contributed by atoms with van der Waals surface area (Å²) in [6.07, 6.45) is 9.79. The molecule has 0 saturated carbocycles.